The van der Waals surface area contributed by atoms with Gasteiger partial charge in [0.15, 0.2) is 0 Å². The van der Waals surface area contributed by atoms with E-state index < -0.39 is 0 Å². The largest absolute Gasteiger partial charge is 0.265 e. The lowest BCUT2D eigenvalue weighted by atomic mass is 9.92. The molecule has 2 aromatic rings. The third-order valence-corrected chi connectivity index (χ3v) is 4.98. The summed E-state index contributed by atoms with van der Waals surface area (Å²) in [6.45, 7) is 4.38. The number of aryl methyl sites for hydroxylation is 1. The number of alkyl halides is 1. The van der Waals surface area contributed by atoms with Gasteiger partial charge in [-0.3, -0.25) is 4.98 Å². The summed E-state index contributed by atoms with van der Waals surface area (Å²) in [7, 11) is 0. The van der Waals surface area contributed by atoms with Crippen molar-refractivity contribution in [2.75, 3.05) is 0 Å². The topological polar surface area (TPSA) is 12.9 Å². The van der Waals surface area contributed by atoms with Crippen LogP contribution in [0.3, 0.4) is 0 Å². The smallest absolute Gasteiger partial charge is 0.0463 e. The zero-order valence-corrected chi connectivity index (χ0v) is 13.6. The minimum Gasteiger partial charge on any atom is -0.265 e. The Kier molecular flexibility index (Phi) is 4.57. The third kappa shape index (κ3) is 3.01. The van der Waals surface area contributed by atoms with Crippen LogP contribution in [0.5, 0.6) is 0 Å². The first-order chi connectivity index (χ1) is 8.59. The molecule has 18 heavy (non-hydrogen) atoms. The molecule has 1 nitrogen and oxygen atoms in total. The lowest BCUT2D eigenvalue weighted by Gasteiger charge is -2.21. The van der Waals surface area contributed by atoms with E-state index in [1.165, 1.54) is 16.7 Å². The Labute approximate surface area is 125 Å². The molecule has 0 amide bonds. The van der Waals surface area contributed by atoms with Crippen LogP contribution in [0.25, 0.3) is 0 Å². The summed E-state index contributed by atoms with van der Waals surface area (Å²) >= 11 is 7.33. The van der Waals surface area contributed by atoms with Gasteiger partial charge in [0.25, 0.3) is 0 Å². The average Bonchev–Trinajstić information content (AvgIpc) is 2.38. The number of pyridine rings is 1. The summed E-state index contributed by atoms with van der Waals surface area (Å²) in [4.78, 5) is 4.38. The van der Waals surface area contributed by atoms with Gasteiger partial charge in [0.05, 0.1) is 0 Å². The minimum atomic E-state index is 0.313. The van der Waals surface area contributed by atoms with Gasteiger partial charge in [-0.25, -0.2) is 0 Å². The van der Waals surface area contributed by atoms with E-state index >= 15 is 0 Å². The molecule has 2 unspecified atom stereocenters. The average molecular weight is 369 g/mol. The Bertz CT molecular complexity index is 525. The second kappa shape index (κ2) is 5.98. The SMILES string of the molecule is Cc1cc(Br)ccc1C(Br)C(C)c1ccncc1. The molecule has 0 bridgehead atoms. The Hall–Kier alpha value is -0.670. The molecule has 2 atom stereocenters. The first-order valence-corrected chi connectivity index (χ1v) is 7.60. The fraction of sp³-hybridized carbons (Fsp3) is 0.267. The molecule has 0 aliphatic rings. The van der Waals surface area contributed by atoms with Gasteiger partial charge in [0.1, 0.15) is 0 Å². The van der Waals surface area contributed by atoms with Gasteiger partial charge >= 0.3 is 0 Å². The zero-order valence-electron chi connectivity index (χ0n) is 10.4. The van der Waals surface area contributed by atoms with Gasteiger partial charge in [-0.2, -0.15) is 0 Å². The first kappa shape index (κ1) is 13.8. The van der Waals surface area contributed by atoms with Gasteiger partial charge in [-0.15, -0.1) is 0 Å². The zero-order chi connectivity index (χ0) is 13.1. The van der Waals surface area contributed by atoms with Crippen LogP contribution in [0.1, 0.15) is 34.4 Å². The Morgan fingerprint density at radius 3 is 2.39 bits per heavy atom. The number of hydrogen-bond donors (Lipinski definition) is 0. The second-order valence-corrected chi connectivity index (χ2v) is 6.37. The van der Waals surface area contributed by atoms with E-state index in [9.17, 15) is 0 Å². The Morgan fingerprint density at radius 2 is 1.78 bits per heavy atom. The van der Waals surface area contributed by atoms with Gasteiger partial charge < -0.3 is 0 Å². The molecule has 0 spiro atoms. The summed E-state index contributed by atoms with van der Waals surface area (Å²) < 4.78 is 1.13. The molecule has 0 aliphatic heterocycles. The Balaban J connectivity index is 2.28. The fourth-order valence-electron chi connectivity index (χ4n) is 2.05. The number of benzene rings is 1. The molecule has 2 rings (SSSR count). The molecule has 0 saturated heterocycles. The predicted molar refractivity (Wildman–Crippen MR) is 83.2 cm³/mol. The highest BCUT2D eigenvalue weighted by atomic mass is 79.9. The number of nitrogens with zero attached hydrogens (tertiary/aromatic N) is 1. The molecule has 1 aromatic heterocycles. The molecule has 1 heterocycles. The lowest BCUT2D eigenvalue weighted by Crippen LogP contribution is -2.04. The number of rotatable bonds is 3. The number of hydrogen-bond acceptors (Lipinski definition) is 1. The maximum absolute atomic E-state index is 4.07. The van der Waals surface area contributed by atoms with Crippen molar-refractivity contribution in [3.8, 4) is 0 Å². The van der Waals surface area contributed by atoms with Gasteiger partial charge in [-0.1, -0.05) is 44.8 Å². The highest BCUT2D eigenvalue weighted by molar-refractivity contribution is 9.10. The molecule has 3 heteroatoms. The molecular weight excluding hydrogens is 354 g/mol. The summed E-state index contributed by atoms with van der Waals surface area (Å²) in [6, 6.07) is 10.6. The lowest BCUT2D eigenvalue weighted by molar-refractivity contribution is 0.746. The van der Waals surface area contributed by atoms with Crippen molar-refractivity contribution in [2.24, 2.45) is 0 Å². The van der Waals surface area contributed by atoms with E-state index in [0.717, 1.165) is 4.47 Å². The molecule has 0 aliphatic carbocycles. The molecule has 94 valence electrons. The molecule has 0 fully saturated rings. The highest BCUT2D eigenvalue weighted by Gasteiger charge is 2.19. The van der Waals surface area contributed by atoms with Crippen LogP contribution in [0.2, 0.25) is 0 Å². The summed E-state index contributed by atoms with van der Waals surface area (Å²) in [5.41, 5.74) is 3.93. The molecular formula is C15H15Br2N. The van der Waals surface area contributed by atoms with Crippen molar-refractivity contribution in [1.82, 2.24) is 4.98 Å². The van der Waals surface area contributed by atoms with Crippen LogP contribution in [0, 0.1) is 6.92 Å². The predicted octanol–water partition coefficient (Wildman–Crippen LogP) is 5.39. The normalized spacial score (nSPS) is 14.2. The third-order valence-electron chi connectivity index (χ3n) is 3.20. The van der Waals surface area contributed by atoms with E-state index in [0.29, 0.717) is 10.7 Å². The van der Waals surface area contributed by atoms with Crippen molar-refractivity contribution >= 4 is 31.9 Å². The van der Waals surface area contributed by atoms with Crippen molar-refractivity contribution in [3.63, 3.8) is 0 Å². The van der Waals surface area contributed by atoms with Gasteiger partial charge in [0.2, 0.25) is 0 Å². The fourth-order valence-corrected chi connectivity index (χ4v) is 3.35. The van der Waals surface area contributed by atoms with Crippen molar-refractivity contribution in [2.45, 2.75) is 24.6 Å². The summed E-state index contributed by atoms with van der Waals surface area (Å²) in [5.74, 6) is 0.410. The van der Waals surface area contributed by atoms with Crippen molar-refractivity contribution < 1.29 is 0 Å². The van der Waals surface area contributed by atoms with E-state index in [-0.39, 0.29) is 0 Å². The molecule has 0 radical (unpaired) electrons. The first-order valence-electron chi connectivity index (χ1n) is 5.89. The van der Waals surface area contributed by atoms with Gasteiger partial charge in [0, 0.05) is 21.7 Å². The van der Waals surface area contributed by atoms with Crippen LogP contribution < -0.4 is 0 Å². The number of halogens is 2. The van der Waals surface area contributed by atoms with Crippen molar-refractivity contribution in [3.05, 3.63) is 63.9 Å². The molecule has 1 aromatic carbocycles. The summed E-state index contributed by atoms with van der Waals surface area (Å²) in [5, 5.41) is 0. The quantitative estimate of drug-likeness (QED) is 0.661. The van der Waals surface area contributed by atoms with E-state index in [4.69, 9.17) is 0 Å². The van der Waals surface area contributed by atoms with E-state index in [1.807, 2.05) is 12.4 Å². The molecule has 0 N–H and O–H groups in total. The van der Waals surface area contributed by atoms with Crippen LogP contribution >= 0.6 is 31.9 Å². The van der Waals surface area contributed by atoms with Crippen LogP contribution in [0.15, 0.2) is 47.2 Å². The maximum atomic E-state index is 4.07. The van der Waals surface area contributed by atoms with Crippen LogP contribution in [-0.4, -0.2) is 4.98 Å². The highest BCUT2D eigenvalue weighted by Crippen LogP contribution is 2.39. The standard InChI is InChI=1S/C15H15Br2N/c1-10-9-13(16)3-4-14(10)15(17)11(2)12-5-7-18-8-6-12/h3-9,11,15H,1-2H3. The van der Waals surface area contributed by atoms with Crippen LogP contribution in [-0.2, 0) is 0 Å². The van der Waals surface area contributed by atoms with E-state index in [1.54, 1.807) is 0 Å². The second-order valence-electron chi connectivity index (χ2n) is 4.47. The van der Waals surface area contributed by atoms with Crippen molar-refractivity contribution in [1.29, 1.82) is 0 Å². The van der Waals surface area contributed by atoms with Crippen LogP contribution in [0.4, 0.5) is 0 Å². The summed E-state index contributed by atoms with van der Waals surface area (Å²) in [6.07, 6.45) is 3.69. The van der Waals surface area contributed by atoms with Gasteiger partial charge in [-0.05, 0) is 53.8 Å². The monoisotopic (exact) mass is 367 g/mol. The Morgan fingerprint density at radius 1 is 1.11 bits per heavy atom. The minimum absolute atomic E-state index is 0.313. The van der Waals surface area contributed by atoms with E-state index in [2.05, 4.69) is 81.0 Å². The number of aromatic nitrogens is 1. The molecule has 0 saturated carbocycles. The maximum Gasteiger partial charge on any atom is 0.0463 e.